The van der Waals surface area contributed by atoms with Crippen LogP contribution in [-0.4, -0.2) is 26.2 Å². The van der Waals surface area contributed by atoms with Crippen molar-refractivity contribution in [3.8, 4) is 0 Å². The van der Waals surface area contributed by atoms with Gasteiger partial charge < -0.3 is 9.47 Å². The van der Waals surface area contributed by atoms with Crippen LogP contribution in [0.3, 0.4) is 0 Å². The SMILES string of the molecule is COC(=O)/C=C\[C@@H]1[C@H](/C=C/C(=O)OC)[C@H]2C=C[C@@H]1C2. The highest BCUT2D eigenvalue weighted by atomic mass is 16.5. The molecular weight excluding hydrogens is 244 g/mol. The van der Waals surface area contributed by atoms with E-state index in [1.807, 2.05) is 12.2 Å². The molecule has 0 spiro atoms. The van der Waals surface area contributed by atoms with Crippen molar-refractivity contribution >= 4 is 11.9 Å². The Hall–Kier alpha value is -1.84. The van der Waals surface area contributed by atoms with Gasteiger partial charge in [0.2, 0.25) is 0 Å². The Labute approximate surface area is 112 Å². The second kappa shape index (κ2) is 5.87. The number of methoxy groups -OCH3 is 2. The lowest BCUT2D eigenvalue weighted by atomic mass is 9.82. The number of hydrogen-bond donors (Lipinski definition) is 0. The summed E-state index contributed by atoms with van der Waals surface area (Å²) in [7, 11) is 2.73. The summed E-state index contributed by atoms with van der Waals surface area (Å²) in [6.07, 6.45) is 12.2. The highest BCUT2D eigenvalue weighted by Crippen LogP contribution is 2.49. The molecule has 0 amide bonds. The summed E-state index contributed by atoms with van der Waals surface area (Å²) >= 11 is 0. The van der Waals surface area contributed by atoms with Gasteiger partial charge in [-0.3, -0.25) is 0 Å². The van der Waals surface area contributed by atoms with E-state index in [1.54, 1.807) is 0 Å². The van der Waals surface area contributed by atoms with Gasteiger partial charge in [0.15, 0.2) is 0 Å². The van der Waals surface area contributed by atoms with Crippen LogP contribution in [0.2, 0.25) is 0 Å². The molecule has 2 bridgehead atoms. The number of allylic oxidation sites excluding steroid dienone is 4. The molecule has 0 aromatic carbocycles. The van der Waals surface area contributed by atoms with Gasteiger partial charge in [0.05, 0.1) is 14.2 Å². The zero-order valence-corrected chi connectivity index (χ0v) is 11.1. The molecule has 102 valence electrons. The van der Waals surface area contributed by atoms with E-state index in [-0.39, 0.29) is 23.8 Å². The predicted octanol–water partition coefficient (Wildman–Crippen LogP) is 1.88. The molecule has 19 heavy (non-hydrogen) atoms. The summed E-state index contributed by atoms with van der Waals surface area (Å²) in [4.78, 5) is 22.3. The van der Waals surface area contributed by atoms with E-state index in [4.69, 9.17) is 0 Å². The van der Waals surface area contributed by atoms with Crippen molar-refractivity contribution in [3.63, 3.8) is 0 Å². The second-order valence-electron chi connectivity index (χ2n) is 4.87. The molecule has 2 rings (SSSR count). The third-order valence-electron chi connectivity index (χ3n) is 3.89. The van der Waals surface area contributed by atoms with Crippen molar-refractivity contribution in [2.24, 2.45) is 23.7 Å². The molecule has 0 N–H and O–H groups in total. The Morgan fingerprint density at radius 2 is 1.37 bits per heavy atom. The molecule has 0 aromatic rings. The summed E-state index contributed by atoms with van der Waals surface area (Å²) in [5.41, 5.74) is 0. The Kier molecular flexibility index (Phi) is 4.20. The van der Waals surface area contributed by atoms with Gasteiger partial charge in [0.1, 0.15) is 0 Å². The molecule has 0 unspecified atom stereocenters. The first-order valence-electron chi connectivity index (χ1n) is 6.36. The third kappa shape index (κ3) is 2.95. The van der Waals surface area contributed by atoms with Gasteiger partial charge >= 0.3 is 11.9 Å². The fraction of sp³-hybridized carbons (Fsp3) is 0.467. The molecule has 0 saturated heterocycles. The van der Waals surface area contributed by atoms with E-state index in [9.17, 15) is 9.59 Å². The van der Waals surface area contributed by atoms with Crippen LogP contribution in [0.5, 0.6) is 0 Å². The molecule has 2 aliphatic rings. The molecule has 0 aliphatic heterocycles. The van der Waals surface area contributed by atoms with E-state index in [1.165, 1.54) is 26.4 Å². The maximum Gasteiger partial charge on any atom is 0.330 e. The zero-order chi connectivity index (χ0) is 13.8. The van der Waals surface area contributed by atoms with Gasteiger partial charge in [-0.1, -0.05) is 24.3 Å². The van der Waals surface area contributed by atoms with Crippen LogP contribution in [0, 0.1) is 23.7 Å². The molecule has 0 radical (unpaired) electrons. The maximum absolute atomic E-state index is 11.2. The Balaban J connectivity index is 2.09. The van der Waals surface area contributed by atoms with Gasteiger partial charge in [-0.25, -0.2) is 9.59 Å². The van der Waals surface area contributed by atoms with Crippen molar-refractivity contribution in [1.82, 2.24) is 0 Å². The summed E-state index contributed by atoms with van der Waals surface area (Å²) in [6.45, 7) is 0. The normalized spacial score (nSPS) is 32.3. The van der Waals surface area contributed by atoms with Gasteiger partial charge in [0.25, 0.3) is 0 Å². The van der Waals surface area contributed by atoms with Gasteiger partial charge in [-0.15, -0.1) is 0 Å². The van der Waals surface area contributed by atoms with E-state index < -0.39 is 0 Å². The fourth-order valence-electron chi connectivity index (χ4n) is 2.96. The number of hydrogen-bond acceptors (Lipinski definition) is 4. The second-order valence-corrected chi connectivity index (χ2v) is 4.87. The van der Waals surface area contributed by atoms with Crippen LogP contribution in [-0.2, 0) is 19.1 Å². The van der Waals surface area contributed by atoms with Crippen molar-refractivity contribution in [2.75, 3.05) is 14.2 Å². The molecule has 1 saturated carbocycles. The van der Waals surface area contributed by atoms with E-state index >= 15 is 0 Å². The number of fused-ring (bicyclic) bond motifs is 2. The van der Waals surface area contributed by atoms with Crippen molar-refractivity contribution < 1.29 is 19.1 Å². The summed E-state index contributed by atoms with van der Waals surface area (Å²) in [5.74, 6) is 0.686. The Bertz CT molecular complexity index is 407. The molecule has 4 nitrogen and oxygen atoms in total. The van der Waals surface area contributed by atoms with Gasteiger partial charge in [-0.05, 0) is 30.1 Å². The van der Waals surface area contributed by atoms with E-state index in [2.05, 4.69) is 21.6 Å². The van der Waals surface area contributed by atoms with Crippen molar-refractivity contribution in [2.45, 2.75) is 6.42 Å². The Morgan fingerprint density at radius 1 is 0.947 bits per heavy atom. The van der Waals surface area contributed by atoms with Crippen LogP contribution in [0.1, 0.15) is 6.42 Å². The highest BCUT2D eigenvalue weighted by Gasteiger charge is 2.41. The standard InChI is InChI=1S/C15H18O4/c1-18-14(16)7-5-12-10-3-4-11(9-10)13(12)6-8-15(17)19-2/h3-8,10-13H,9H2,1-2H3/b7-5-,8-6+/t10-,11+,12+,13-/m1/s1. The number of ether oxygens (including phenoxy) is 2. The maximum atomic E-state index is 11.2. The summed E-state index contributed by atoms with van der Waals surface area (Å²) < 4.78 is 9.21. The van der Waals surface area contributed by atoms with E-state index in [0.29, 0.717) is 11.8 Å². The van der Waals surface area contributed by atoms with Crippen LogP contribution in [0.15, 0.2) is 36.5 Å². The molecule has 0 aromatic heterocycles. The lowest BCUT2D eigenvalue weighted by Gasteiger charge is -2.22. The number of esters is 2. The lowest BCUT2D eigenvalue weighted by Crippen LogP contribution is -2.16. The molecule has 0 heterocycles. The largest absolute Gasteiger partial charge is 0.466 e. The predicted molar refractivity (Wildman–Crippen MR) is 70.0 cm³/mol. The lowest BCUT2D eigenvalue weighted by molar-refractivity contribution is -0.135. The highest BCUT2D eigenvalue weighted by molar-refractivity contribution is 5.82. The molecule has 2 aliphatic carbocycles. The Morgan fingerprint density at radius 3 is 1.74 bits per heavy atom. The van der Waals surface area contributed by atoms with E-state index in [0.717, 1.165) is 6.42 Å². The quantitative estimate of drug-likeness (QED) is 0.441. The molecule has 1 fully saturated rings. The van der Waals surface area contributed by atoms with Crippen LogP contribution < -0.4 is 0 Å². The van der Waals surface area contributed by atoms with Crippen LogP contribution in [0.4, 0.5) is 0 Å². The number of carbonyl (C=O) groups is 2. The van der Waals surface area contributed by atoms with Gasteiger partial charge in [0, 0.05) is 12.2 Å². The summed E-state index contributed by atoms with van der Waals surface area (Å²) in [6, 6.07) is 0. The smallest absolute Gasteiger partial charge is 0.330 e. The zero-order valence-electron chi connectivity index (χ0n) is 11.1. The van der Waals surface area contributed by atoms with Crippen LogP contribution >= 0.6 is 0 Å². The van der Waals surface area contributed by atoms with Gasteiger partial charge in [-0.2, -0.15) is 0 Å². The first-order chi connectivity index (χ1) is 9.15. The minimum atomic E-state index is -0.345. The minimum Gasteiger partial charge on any atom is -0.466 e. The molecule has 4 heteroatoms. The van der Waals surface area contributed by atoms with Crippen molar-refractivity contribution in [3.05, 3.63) is 36.5 Å². The fourth-order valence-corrected chi connectivity index (χ4v) is 2.96. The number of carbonyl (C=O) groups excluding carboxylic acids is 2. The van der Waals surface area contributed by atoms with Crippen LogP contribution in [0.25, 0.3) is 0 Å². The monoisotopic (exact) mass is 262 g/mol. The average Bonchev–Trinajstić information content (AvgIpc) is 3.02. The third-order valence-corrected chi connectivity index (χ3v) is 3.89. The first kappa shape index (κ1) is 13.6. The van der Waals surface area contributed by atoms with Crippen molar-refractivity contribution in [1.29, 1.82) is 0 Å². The minimum absolute atomic E-state index is 0.245. The first-order valence-corrected chi connectivity index (χ1v) is 6.36. The number of rotatable bonds is 4. The summed E-state index contributed by atoms with van der Waals surface area (Å²) in [5, 5.41) is 0. The average molecular weight is 262 g/mol. The topological polar surface area (TPSA) is 52.6 Å². The molecule has 4 atom stereocenters. The molecular formula is C15H18O4.